The molecule has 1 aromatic rings. The van der Waals surface area contributed by atoms with E-state index in [-0.39, 0.29) is 5.91 Å². The number of ether oxygens (including phenoxy) is 1. The van der Waals surface area contributed by atoms with Gasteiger partial charge >= 0.3 is 0 Å². The summed E-state index contributed by atoms with van der Waals surface area (Å²) >= 11 is 7.93. The normalized spacial score (nSPS) is 15.8. The lowest BCUT2D eigenvalue weighted by Crippen LogP contribution is -2.38. The zero-order valence-electron chi connectivity index (χ0n) is 9.61. The Hall–Kier alpha value is -0.870. The van der Waals surface area contributed by atoms with Crippen molar-refractivity contribution in [1.82, 2.24) is 4.90 Å². The second-order valence-corrected chi connectivity index (χ2v) is 5.38. The summed E-state index contributed by atoms with van der Waals surface area (Å²) in [6, 6.07) is 5.16. The van der Waals surface area contributed by atoms with Crippen LogP contribution in [0.1, 0.15) is 10.4 Å². The first-order valence-electron chi connectivity index (χ1n) is 5.43. The van der Waals surface area contributed by atoms with Gasteiger partial charge in [-0.15, -0.1) is 0 Å². The molecule has 0 atom stereocenters. The van der Waals surface area contributed by atoms with Crippen LogP contribution in [0.5, 0.6) is 5.75 Å². The summed E-state index contributed by atoms with van der Waals surface area (Å²) in [6.07, 6.45) is 0. The fraction of sp³-hybridized carbons (Fsp3) is 0.417. The van der Waals surface area contributed by atoms with Gasteiger partial charge in [0, 0.05) is 24.6 Å². The van der Waals surface area contributed by atoms with Gasteiger partial charge in [-0.05, 0) is 18.2 Å². The number of benzene rings is 1. The van der Waals surface area contributed by atoms with E-state index in [4.69, 9.17) is 16.3 Å². The van der Waals surface area contributed by atoms with Gasteiger partial charge in [0.25, 0.3) is 5.91 Å². The molecule has 1 aromatic carbocycles. The van der Waals surface area contributed by atoms with E-state index in [2.05, 4.69) is 0 Å². The molecule has 1 amide bonds. The molecule has 92 valence electrons. The molecule has 17 heavy (non-hydrogen) atoms. The quantitative estimate of drug-likeness (QED) is 0.828. The molecule has 0 aliphatic carbocycles. The van der Waals surface area contributed by atoms with Crippen LogP contribution in [0.2, 0.25) is 5.02 Å². The lowest BCUT2D eigenvalue weighted by molar-refractivity contribution is 0.0772. The zero-order valence-corrected chi connectivity index (χ0v) is 11.2. The zero-order chi connectivity index (χ0) is 12.3. The number of hydrogen-bond acceptors (Lipinski definition) is 3. The summed E-state index contributed by atoms with van der Waals surface area (Å²) < 4.78 is 5.11. The van der Waals surface area contributed by atoms with Crippen LogP contribution >= 0.6 is 23.4 Å². The van der Waals surface area contributed by atoms with Gasteiger partial charge in [-0.25, -0.2) is 0 Å². The highest BCUT2D eigenvalue weighted by Crippen LogP contribution is 2.24. The Labute approximate surface area is 110 Å². The number of carbonyl (C=O) groups is 1. The number of thioether (sulfide) groups is 1. The van der Waals surface area contributed by atoms with Crippen molar-refractivity contribution in [3.05, 3.63) is 28.8 Å². The van der Waals surface area contributed by atoms with Crippen molar-refractivity contribution in [3.63, 3.8) is 0 Å². The van der Waals surface area contributed by atoms with Gasteiger partial charge in [0.1, 0.15) is 5.75 Å². The van der Waals surface area contributed by atoms with Crippen molar-refractivity contribution in [2.45, 2.75) is 0 Å². The molecular weight excluding hydrogens is 258 g/mol. The third kappa shape index (κ3) is 2.87. The summed E-state index contributed by atoms with van der Waals surface area (Å²) in [6.45, 7) is 1.58. The van der Waals surface area contributed by atoms with E-state index in [1.54, 1.807) is 25.3 Å². The van der Waals surface area contributed by atoms with Gasteiger partial charge in [-0.2, -0.15) is 11.8 Å². The van der Waals surface area contributed by atoms with Gasteiger partial charge < -0.3 is 9.64 Å². The van der Waals surface area contributed by atoms with Crippen LogP contribution in [0, 0.1) is 0 Å². The number of nitrogens with zero attached hydrogens (tertiary/aromatic N) is 1. The molecule has 5 heteroatoms. The molecule has 0 bridgehead atoms. The Bertz CT molecular complexity index is 419. The lowest BCUT2D eigenvalue weighted by atomic mass is 10.2. The van der Waals surface area contributed by atoms with Crippen molar-refractivity contribution in [3.8, 4) is 5.75 Å². The molecule has 0 radical (unpaired) electrons. The molecule has 1 saturated heterocycles. The van der Waals surface area contributed by atoms with Crippen molar-refractivity contribution in [1.29, 1.82) is 0 Å². The third-order valence-electron chi connectivity index (χ3n) is 2.70. The van der Waals surface area contributed by atoms with Gasteiger partial charge in [0.2, 0.25) is 0 Å². The average molecular weight is 272 g/mol. The maximum Gasteiger partial charge on any atom is 0.255 e. The van der Waals surface area contributed by atoms with Crippen molar-refractivity contribution < 1.29 is 9.53 Å². The number of halogens is 1. The minimum absolute atomic E-state index is 0.00537. The van der Waals surface area contributed by atoms with E-state index in [1.807, 2.05) is 16.7 Å². The number of rotatable bonds is 2. The number of carbonyl (C=O) groups excluding carboxylic acids is 1. The van der Waals surface area contributed by atoms with Gasteiger partial charge in [-0.1, -0.05) is 11.6 Å². The summed E-state index contributed by atoms with van der Waals surface area (Å²) in [4.78, 5) is 14.1. The van der Waals surface area contributed by atoms with Crippen molar-refractivity contribution >= 4 is 29.3 Å². The van der Waals surface area contributed by atoms with E-state index in [0.29, 0.717) is 16.3 Å². The predicted molar refractivity (Wildman–Crippen MR) is 71.2 cm³/mol. The molecule has 0 spiro atoms. The van der Waals surface area contributed by atoms with E-state index in [1.165, 1.54) is 0 Å². The Morgan fingerprint density at radius 3 is 2.76 bits per heavy atom. The maximum absolute atomic E-state index is 12.3. The first kappa shape index (κ1) is 12.6. The van der Waals surface area contributed by atoms with Crippen molar-refractivity contribution in [2.24, 2.45) is 0 Å². The fourth-order valence-corrected chi connectivity index (χ4v) is 2.83. The first-order valence-corrected chi connectivity index (χ1v) is 6.96. The third-order valence-corrected chi connectivity index (χ3v) is 3.97. The second-order valence-electron chi connectivity index (χ2n) is 3.75. The highest BCUT2D eigenvalue weighted by Gasteiger charge is 2.20. The second kappa shape index (κ2) is 5.65. The van der Waals surface area contributed by atoms with Crippen LogP contribution in [0.25, 0.3) is 0 Å². The van der Waals surface area contributed by atoms with Crippen molar-refractivity contribution in [2.75, 3.05) is 31.7 Å². The van der Waals surface area contributed by atoms with Gasteiger partial charge in [0.15, 0.2) is 0 Å². The summed E-state index contributed by atoms with van der Waals surface area (Å²) in [5.41, 5.74) is 0.526. The van der Waals surface area contributed by atoms with E-state index >= 15 is 0 Å². The summed E-state index contributed by atoms with van der Waals surface area (Å²) in [5, 5.41) is 0.481. The maximum atomic E-state index is 12.3. The lowest BCUT2D eigenvalue weighted by Gasteiger charge is -2.26. The predicted octanol–water partition coefficient (Wildman–Crippen LogP) is 2.54. The van der Waals surface area contributed by atoms with Crippen LogP contribution in [-0.2, 0) is 0 Å². The van der Waals surface area contributed by atoms with Crippen LogP contribution < -0.4 is 4.74 Å². The molecule has 0 aromatic heterocycles. The molecule has 0 saturated carbocycles. The van der Waals surface area contributed by atoms with Crippen LogP contribution in [0.15, 0.2) is 18.2 Å². The van der Waals surface area contributed by atoms with Gasteiger partial charge in [-0.3, -0.25) is 4.79 Å². The summed E-state index contributed by atoms with van der Waals surface area (Å²) in [7, 11) is 1.58. The number of methoxy groups -OCH3 is 1. The standard InChI is InChI=1S/C12H14ClNO2S/c1-16-9-2-3-11(13)10(8-9)12(15)14-4-6-17-7-5-14/h2-3,8H,4-7H2,1H3. The molecule has 1 aliphatic heterocycles. The highest BCUT2D eigenvalue weighted by molar-refractivity contribution is 7.99. The van der Waals surface area contributed by atoms with E-state index < -0.39 is 0 Å². The molecule has 1 fully saturated rings. The molecule has 3 nitrogen and oxygen atoms in total. The first-order chi connectivity index (χ1) is 8.22. The van der Waals surface area contributed by atoms with E-state index in [0.717, 1.165) is 24.6 Å². The number of hydrogen-bond donors (Lipinski definition) is 0. The minimum Gasteiger partial charge on any atom is -0.497 e. The molecule has 1 aliphatic rings. The van der Waals surface area contributed by atoms with Crippen LogP contribution in [0.4, 0.5) is 0 Å². The Kier molecular flexibility index (Phi) is 4.18. The SMILES string of the molecule is COc1ccc(Cl)c(C(=O)N2CCSCC2)c1. The smallest absolute Gasteiger partial charge is 0.255 e. The largest absolute Gasteiger partial charge is 0.497 e. The monoisotopic (exact) mass is 271 g/mol. The average Bonchev–Trinajstić information content (AvgIpc) is 2.39. The fourth-order valence-electron chi connectivity index (χ4n) is 1.73. The molecule has 0 unspecified atom stereocenters. The summed E-state index contributed by atoms with van der Waals surface area (Å²) in [5.74, 6) is 2.64. The molecule has 1 heterocycles. The Morgan fingerprint density at radius 2 is 2.12 bits per heavy atom. The highest BCUT2D eigenvalue weighted by atomic mass is 35.5. The van der Waals surface area contributed by atoms with Crippen LogP contribution in [-0.4, -0.2) is 42.5 Å². The molecular formula is C12H14ClNO2S. The molecule has 0 N–H and O–H groups in total. The Morgan fingerprint density at radius 1 is 1.41 bits per heavy atom. The van der Waals surface area contributed by atoms with Crippen LogP contribution in [0.3, 0.4) is 0 Å². The van der Waals surface area contributed by atoms with E-state index in [9.17, 15) is 4.79 Å². The van der Waals surface area contributed by atoms with Gasteiger partial charge in [0.05, 0.1) is 17.7 Å². The minimum atomic E-state index is -0.00537. The topological polar surface area (TPSA) is 29.5 Å². The Balaban J connectivity index is 2.22. The number of amides is 1. The molecule has 2 rings (SSSR count).